The maximum atomic E-state index is 13.2. The van der Waals surface area contributed by atoms with Crippen LogP contribution in [-0.2, 0) is 4.79 Å². The highest BCUT2D eigenvalue weighted by molar-refractivity contribution is 7.12. The third kappa shape index (κ3) is 2.84. The number of para-hydroxylation sites is 1. The van der Waals surface area contributed by atoms with Gasteiger partial charge in [0.05, 0.1) is 16.5 Å². The van der Waals surface area contributed by atoms with E-state index in [1.807, 2.05) is 67.8 Å². The lowest BCUT2D eigenvalue weighted by atomic mass is 9.92. The largest absolute Gasteiger partial charge is 0.503 e. The quantitative estimate of drug-likeness (QED) is 0.628. The minimum absolute atomic E-state index is 0.130. The number of hydrogen-bond acceptors (Lipinski definition) is 4. The molecule has 1 N–H and O–H groups in total. The zero-order chi connectivity index (χ0) is 19.8. The van der Waals surface area contributed by atoms with Gasteiger partial charge in [-0.15, -0.1) is 11.3 Å². The topological polar surface area (TPSA) is 57.6 Å². The number of aliphatic hydroxyl groups is 1. The molecule has 28 heavy (non-hydrogen) atoms. The number of benzene rings is 2. The fourth-order valence-electron chi connectivity index (χ4n) is 3.65. The van der Waals surface area contributed by atoms with Gasteiger partial charge in [-0.3, -0.25) is 14.5 Å². The Labute approximate surface area is 167 Å². The van der Waals surface area contributed by atoms with Crippen molar-refractivity contribution >= 4 is 28.7 Å². The molecule has 4 nitrogen and oxygen atoms in total. The molecule has 0 aliphatic carbocycles. The Morgan fingerprint density at radius 3 is 2.29 bits per heavy atom. The molecule has 3 aromatic rings. The molecule has 1 aliphatic rings. The molecule has 0 saturated heterocycles. The maximum Gasteiger partial charge on any atom is 0.294 e. The molecule has 1 unspecified atom stereocenters. The molecular weight excluding hydrogens is 370 g/mol. The van der Waals surface area contributed by atoms with Crippen LogP contribution in [0.4, 0.5) is 5.69 Å². The minimum atomic E-state index is -0.676. The van der Waals surface area contributed by atoms with Crippen LogP contribution in [0.2, 0.25) is 0 Å². The van der Waals surface area contributed by atoms with Crippen molar-refractivity contribution in [1.82, 2.24) is 0 Å². The number of nitrogens with zero attached hydrogens (tertiary/aromatic N) is 1. The summed E-state index contributed by atoms with van der Waals surface area (Å²) in [5.41, 5.74) is 3.48. The molecule has 2 heterocycles. The number of Topliss-reactive ketones (excluding diaryl/α,β-unsaturated/α-hetero) is 1. The zero-order valence-corrected chi connectivity index (χ0v) is 16.4. The Morgan fingerprint density at radius 2 is 1.64 bits per heavy atom. The minimum Gasteiger partial charge on any atom is -0.503 e. The van der Waals surface area contributed by atoms with Gasteiger partial charge in [0.15, 0.2) is 5.76 Å². The van der Waals surface area contributed by atoms with Crippen LogP contribution in [-0.4, -0.2) is 16.8 Å². The number of carbonyl (C=O) groups is 2. The summed E-state index contributed by atoms with van der Waals surface area (Å²) in [6.07, 6.45) is 0. The van der Waals surface area contributed by atoms with Gasteiger partial charge in [-0.25, -0.2) is 0 Å². The van der Waals surface area contributed by atoms with Gasteiger partial charge >= 0.3 is 0 Å². The first kappa shape index (κ1) is 18.2. The molecule has 1 aliphatic heterocycles. The predicted molar refractivity (Wildman–Crippen MR) is 111 cm³/mol. The summed E-state index contributed by atoms with van der Waals surface area (Å²) >= 11 is 1.30. The maximum absolute atomic E-state index is 13.2. The van der Waals surface area contributed by atoms with Gasteiger partial charge in [0.1, 0.15) is 0 Å². The van der Waals surface area contributed by atoms with Crippen LogP contribution < -0.4 is 4.90 Å². The third-order valence-electron chi connectivity index (χ3n) is 5.06. The van der Waals surface area contributed by atoms with E-state index in [0.717, 1.165) is 16.7 Å². The summed E-state index contributed by atoms with van der Waals surface area (Å²) in [5, 5.41) is 12.6. The van der Waals surface area contributed by atoms with Gasteiger partial charge in [0, 0.05) is 5.69 Å². The number of carbonyl (C=O) groups excluding carboxylic acids is 2. The fourth-order valence-corrected chi connectivity index (χ4v) is 4.33. The Balaban J connectivity index is 1.94. The molecule has 0 fully saturated rings. The molecular formula is C23H19NO3S. The average molecular weight is 389 g/mol. The number of aliphatic hydroxyl groups excluding tert-OH is 1. The van der Waals surface area contributed by atoms with E-state index in [0.29, 0.717) is 10.6 Å². The van der Waals surface area contributed by atoms with Crippen LogP contribution in [0.3, 0.4) is 0 Å². The predicted octanol–water partition coefficient (Wildman–Crippen LogP) is 5.15. The van der Waals surface area contributed by atoms with Crippen LogP contribution in [0, 0.1) is 13.8 Å². The van der Waals surface area contributed by atoms with Crippen molar-refractivity contribution in [3.63, 3.8) is 0 Å². The van der Waals surface area contributed by atoms with E-state index in [4.69, 9.17) is 0 Å². The Hall–Kier alpha value is -3.18. The van der Waals surface area contributed by atoms with Crippen molar-refractivity contribution in [2.45, 2.75) is 19.9 Å². The first-order valence-corrected chi connectivity index (χ1v) is 9.84. The lowest BCUT2D eigenvalue weighted by Crippen LogP contribution is -2.32. The van der Waals surface area contributed by atoms with E-state index in [2.05, 4.69) is 0 Å². The fraction of sp³-hybridized carbons (Fsp3) is 0.130. The Morgan fingerprint density at radius 1 is 0.964 bits per heavy atom. The molecule has 1 amide bonds. The molecule has 5 heteroatoms. The van der Waals surface area contributed by atoms with Gasteiger partial charge in [0.25, 0.3) is 5.91 Å². The molecule has 2 aromatic carbocycles. The monoisotopic (exact) mass is 389 g/mol. The lowest BCUT2D eigenvalue weighted by molar-refractivity contribution is -0.117. The normalized spacial score (nSPS) is 16.7. The number of thiophene rings is 1. The average Bonchev–Trinajstić information content (AvgIpc) is 3.31. The van der Waals surface area contributed by atoms with Crippen molar-refractivity contribution in [1.29, 1.82) is 0 Å². The number of rotatable bonds is 4. The van der Waals surface area contributed by atoms with Crippen LogP contribution in [0.5, 0.6) is 0 Å². The van der Waals surface area contributed by atoms with E-state index >= 15 is 0 Å². The molecule has 4 rings (SSSR count). The van der Waals surface area contributed by atoms with Crippen LogP contribution in [0.25, 0.3) is 0 Å². The Kier molecular flexibility index (Phi) is 4.61. The van der Waals surface area contributed by atoms with Gasteiger partial charge in [-0.1, -0.05) is 48.5 Å². The Bertz CT molecular complexity index is 1100. The first-order chi connectivity index (χ1) is 13.5. The number of aryl methyl sites for hydroxylation is 2. The van der Waals surface area contributed by atoms with Crippen LogP contribution >= 0.6 is 11.3 Å². The van der Waals surface area contributed by atoms with E-state index in [1.165, 1.54) is 16.2 Å². The van der Waals surface area contributed by atoms with E-state index in [-0.39, 0.29) is 11.4 Å². The number of amides is 1. The second-order valence-electron chi connectivity index (χ2n) is 6.79. The van der Waals surface area contributed by atoms with Crippen molar-refractivity contribution < 1.29 is 14.7 Å². The highest BCUT2D eigenvalue weighted by Crippen LogP contribution is 2.43. The highest BCUT2D eigenvalue weighted by Gasteiger charge is 2.45. The number of ketones is 1. The van der Waals surface area contributed by atoms with Crippen molar-refractivity contribution in [3.05, 3.63) is 98.9 Å². The van der Waals surface area contributed by atoms with E-state index < -0.39 is 17.7 Å². The molecule has 1 atom stereocenters. The van der Waals surface area contributed by atoms with Crippen molar-refractivity contribution in [2.24, 2.45) is 0 Å². The van der Waals surface area contributed by atoms with Crippen molar-refractivity contribution in [2.75, 3.05) is 4.90 Å². The highest BCUT2D eigenvalue weighted by atomic mass is 32.1. The van der Waals surface area contributed by atoms with Crippen LogP contribution in [0.1, 0.15) is 32.4 Å². The van der Waals surface area contributed by atoms with Gasteiger partial charge in [-0.05, 0) is 48.1 Å². The second kappa shape index (κ2) is 7.09. The molecule has 0 bridgehead atoms. The number of anilines is 1. The summed E-state index contributed by atoms with van der Waals surface area (Å²) in [6, 6.07) is 18.0. The molecule has 1 aromatic heterocycles. The third-order valence-corrected chi connectivity index (χ3v) is 5.92. The summed E-state index contributed by atoms with van der Waals surface area (Å²) < 4.78 is 0. The first-order valence-electron chi connectivity index (χ1n) is 8.96. The zero-order valence-electron chi connectivity index (χ0n) is 15.5. The van der Waals surface area contributed by atoms with E-state index in [9.17, 15) is 14.7 Å². The summed E-state index contributed by atoms with van der Waals surface area (Å²) in [5.74, 6) is -1.34. The van der Waals surface area contributed by atoms with Gasteiger partial charge in [-0.2, -0.15) is 0 Å². The summed E-state index contributed by atoms with van der Waals surface area (Å²) in [6.45, 7) is 3.85. The molecule has 140 valence electrons. The standard InChI is InChI=1S/C23H19NO3S/c1-14-8-3-5-10-16(14)20-19(21(25)18-12-7-13-28-18)22(26)23(27)24(20)17-11-6-4-9-15(17)2/h3-13,20,26H,1-2H3. The SMILES string of the molecule is Cc1ccccc1C1C(C(=O)c2cccs2)=C(O)C(=O)N1c1ccccc1C. The molecule has 0 spiro atoms. The number of hydrogen-bond donors (Lipinski definition) is 1. The smallest absolute Gasteiger partial charge is 0.294 e. The lowest BCUT2D eigenvalue weighted by Gasteiger charge is -2.29. The second-order valence-corrected chi connectivity index (χ2v) is 7.74. The van der Waals surface area contributed by atoms with Crippen LogP contribution in [0.15, 0.2) is 77.4 Å². The van der Waals surface area contributed by atoms with Gasteiger partial charge in [0.2, 0.25) is 5.78 Å². The van der Waals surface area contributed by atoms with Gasteiger partial charge < -0.3 is 5.11 Å². The van der Waals surface area contributed by atoms with Crippen molar-refractivity contribution in [3.8, 4) is 0 Å². The van der Waals surface area contributed by atoms with E-state index in [1.54, 1.807) is 12.1 Å². The molecule has 0 saturated carbocycles. The summed E-state index contributed by atoms with van der Waals surface area (Å²) in [4.78, 5) is 28.4. The summed E-state index contributed by atoms with van der Waals surface area (Å²) in [7, 11) is 0. The molecule has 0 radical (unpaired) electrons.